The summed E-state index contributed by atoms with van der Waals surface area (Å²) in [4.78, 5) is 37.5. The van der Waals surface area contributed by atoms with E-state index in [-0.39, 0.29) is 16.9 Å². The summed E-state index contributed by atoms with van der Waals surface area (Å²) in [6, 6.07) is 10.8. The maximum Gasteiger partial charge on any atom is 0.292 e. The molecule has 0 radical (unpaired) electrons. The van der Waals surface area contributed by atoms with Crippen LogP contribution in [-0.2, 0) is 0 Å². The number of piperazine rings is 1. The van der Waals surface area contributed by atoms with E-state index in [0.717, 1.165) is 0 Å². The number of nitro groups is 2. The molecule has 3 rings (SSSR count). The molecule has 1 amide bonds. The quantitative estimate of drug-likeness (QED) is 0.618. The van der Waals surface area contributed by atoms with Gasteiger partial charge in [0.05, 0.1) is 21.1 Å². The number of para-hydroxylation sites is 2. The van der Waals surface area contributed by atoms with E-state index in [9.17, 15) is 25.0 Å². The number of carbonyl (C=O) groups is 1. The lowest BCUT2D eigenvalue weighted by atomic mass is 10.1. The van der Waals surface area contributed by atoms with E-state index in [1.165, 1.54) is 25.2 Å². The first-order valence-electron chi connectivity index (χ1n) is 8.66. The molecular weight excluding hydrogens is 366 g/mol. The zero-order chi connectivity index (χ0) is 20.3. The Morgan fingerprint density at radius 2 is 1.54 bits per heavy atom. The Labute approximate surface area is 160 Å². The maximum absolute atomic E-state index is 12.2. The molecule has 2 aromatic carbocycles. The minimum atomic E-state index is -0.539. The number of hydrogen-bond acceptors (Lipinski definition) is 7. The molecular formula is C18H19N5O5. The van der Waals surface area contributed by atoms with Crippen molar-refractivity contribution >= 4 is 28.7 Å². The van der Waals surface area contributed by atoms with Gasteiger partial charge in [0.15, 0.2) is 0 Å². The molecule has 0 atom stereocenters. The molecule has 0 spiro atoms. The van der Waals surface area contributed by atoms with Crippen molar-refractivity contribution in [2.75, 3.05) is 43.0 Å². The van der Waals surface area contributed by atoms with Gasteiger partial charge in [0.25, 0.3) is 17.3 Å². The van der Waals surface area contributed by atoms with E-state index >= 15 is 0 Å². The zero-order valence-electron chi connectivity index (χ0n) is 15.2. The van der Waals surface area contributed by atoms with Crippen LogP contribution in [0.4, 0.5) is 22.7 Å². The fourth-order valence-corrected chi connectivity index (χ4v) is 3.30. The van der Waals surface area contributed by atoms with Gasteiger partial charge in [-0.1, -0.05) is 12.1 Å². The number of rotatable bonds is 5. The Morgan fingerprint density at radius 3 is 2.11 bits per heavy atom. The Hall–Kier alpha value is -3.69. The minimum Gasteiger partial charge on any atom is -0.367 e. The Morgan fingerprint density at radius 1 is 0.929 bits per heavy atom. The number of benzene rings is 2. The number of nitrogens with zero attached hydrogens (tertiary/aromatic N) is 4. The fraction of sp³-hybridized carbons (Fsp3) is 0.278. The molecule has 1 saturated heterocycles. The molecule has 10 nitrogen and oxygen atoms in total. The van der Waals surface area contributed by atoms with Crippen LogP contribution >= 0.6 is 0 Å². The van der Waals surface area contributed by atoms with Crippen LogP contribution in [0.2, 0.25) is 0 Å². The van der Waals surface area contributed by atoms with Gasteiger partial charge in [-0.2, -0.15) is 0 Å². The fourth-order valence-electron chi connectivity index (χ4n) is 3.30. The monoisotopic (exact) mass is 385 g/mol. The third-order valence-electron chi connectivity index (χ3n) is 4.70. The van der Waals surface area contributed by atoms with Crippen LogP contribution < -0.4 is 15.1 Å². The summed E-state index contributed by atoms with van der Waals surface area (Å²) < 4.78 is 0. The summed E-state index contributed by atoms with van der Waals surface area (Å²) >= 11 is 0. The lowest BCUT2D eigenvalue weighted by molar-refractivity contribution is -0.384. The Balaban J connectivity index is 1.83. The van der Waals surface area contributed by atoms with Gasteiger partial charge in [-0.3, -0.25) is 25.0 Å². The Kier molecular flexibility index (Phi) is 5.39. The molecule has 10 heteroatoms. The second-order valence-corrected chi connectivity index (χ2v) is 6.26. The van der Waals surface area contributed by atoms with Crippen LogP contribution in [0.3, 0.4) is 0 Å². The number of hydrogen-bond donors (Lipinski definition) is 1. The summed E-state index contributed by atoms with van der Waals surface area (Å²) in [5, 5.41) is 24.8. The van der Waals surface area contributed by atoms with E-state index in [4.69, 9.17) is 0 Å². The van der Waals surface area contributed by atoms with Gasteiger partial charge in [0, 0.05) is 51.4 Å². The van der Waals surface area contributed by atoms with Crippen molar-refractivity contribution in [3.05, 3.63) is 68.3 Å². The maximum atomic E-state index is 12.2. The van der Waals surface area contributed by atoms with Crippen LogP contribution in [0.15, 0.2) is 42.5 Å². The van der Waals surface area contributed by atoms with Gasteiger partial charge in [-0.25, -0.2) is 0 Å². The average Bonchev–Trinajstić information content (AvgIpc) is 2.72. The number of non-ortho nitro benzene ring substituents is 1. The molecule has 0 aromatic heterocycles. The molecule has 0 bridgehead atoms. The first-order chi connectivity index (χ1) is 13.4. The van der Waals surface area contributed by atoms with E-state index in [2.05, 4.69) is 5.32 Å². The van der Waals surface area contributed by atoms with E-state index in [1.54, 1.807) is 24.3 Å². The molecule has 1 aliphatic rings. The molecule has 1 heterocycles. The highest BCUT2D eigenvalue weighted by Crippen LogP contribution is 2.31. The van der Waals surface area contributed by atoms with Gasteiger partial charge in [-0.15, -0.1) is 0 Å². The van der Waals surface area contributed by atoms with Crippen LogP contribution in [0, 0.1) is 20.2 Å². The molecule has 0 aliphatic carbocycles. The largest absolute Gasteiger partial charge is 0.367 e. The van der Waals surface area contributed by atoms with E-state index in [0.29, 0.717) is 37.6 Å². The van der Waals surface area contributed by atoms with Gasteiger partial charge in [0.2, 0.25) is 0 Å². The van der Waals surface area contributed by atoms with Crippen LogP contribution in [0.25, 0.3) is 0 Å². The molecule has 1 aliphatic heterocycles. The van der Waals surface area contributed by atoms with Gasteiger partial charge >= 0.3 is 0 Å². The first kappa shape index (κ1) is 19.1. The highest BCUT2D eigenvalue weighted by molar-refractivity contribution is 6.00. The van der Waals surface area contributed by atoms with Crippen molar-refractivity contribution in [3.8, 4) is 0 Å². The SMILES string of the molecule is CNC(=O)c1cc([N+](=O)[O-])ccc1N1CCN(c2ccccc2[N+](=O)[O-])CC1. The summed E-state index contributed by atoms with van der Waals surface area (Å²) in [5.74, 6) is -0.403. The van der Waals surface area contributed by atoms with Crippen molar-refractivity contribution in [1.82, 2.24) is 5.32 Å². The number of carbonyl (C=O) groups excluding carboxylic acids is 1. The highest BCUT2D eigenvalue weighted by atomic mass is 16.6. The van der Waals surface area contributed by atoms with Crippen LogP contribution in [0.1, 0.15) is 10.4 Å². The predicted octanol–water partition coefficient (Wildman–Crippen LogP) is 2.19. The standard InChI is InChI=1S/C18H19N5O5/c1-19-18(24)14-12-13(22(25)26)6-7-15(14)20-8-10-21(11-9-20)16-4-2-3-5-17(16)23(27)28/h2-7,12H,8-11H2,1H3,(H,19,24). The summed E-state index contributed by atoms with van der Waals surface area (Å²) in [5.41, 5.74) is 1.30. The highest BCUT2D eigenvalue weighted by Gasteiger charge is 2.26. The van der Waals surface area contributed by atoms with Gasteiger partial charge < -0.3 is 15.1 Å². The lowest BCUT2D eigenvalue weighted by Crippen LogP contribution is -2.47. The van der Waals surface area contributed by atoms with Crippen molar-refractivity contribution in [2.24, 2.45) is 0 Å². The van der Waals surface area contributed by atoms with Crippen molar-refractivity contribution in [1.29, 1.82) is 0 Å². The normalized spacial score (nSPS) is 13.9. The van der Waals surface area contributed by atoms with E-state index in [1.807, 2.05) is 9.80 Å². The van der Waals surface area contributed by atoms with E-state index < -0.39 is 15.8 Å². The second kappa shape index (κ2) is 7.91. The Bertz CT molecular complexity index is 924. The predicted molar refractivity (Wildman–Crippen MR) is 104 cm³/mol. The zero-order valence-corrected chi connectivity index (χ0v) is 15.2. The van der Waals surface area contributed by atoms with Crippen molar-refractivity contribution in [2.45, 2.75) is 0 Å². The minimum absolute atomic E-state index is 0.0531. The van der Waals surface area contributed by atoms with Crippen LogP contribution in [0.5, 0.6) is 0 Å². The molecule has 1 N–H and O–H groups in total. The van der Waals surface area contributed by atoms with Crippen molar-refractivity contribution in [3.63, 3.8) is 0 Å². The topological polar surface area (TPSA) is 122 Å². The van der Waals surface area contributed by atoms with Crippen LogP contribution in [-0.4, -0.2) is 49.0 Å². The molecule has 28 heavy (non-hydrogen) atoms. The number of nitrogens with one attached hydrogen (secondary N) is 1. The van der Waals surface area contributed by atoms with Gasteiger partial charge in [0.1, 0.15) is 5.69 Å². The third-order valence-corrected chi connectivity index (χ3v) is 4.70. The molecule has 2 aromatic rings. The molecule has 1 fully saturated rings. The lowest BCUT2D eigenvalue weighted by Gasteiger charge is -2.37. The molecule has 0 unspecified atom stereocenters. The number of nitro benzene ring substituents is 2. The average molecular weight is 385 g/mol. The van der Waals surface area contributed by atoms with Crippen molar-refractivity contribution < 1.29 is 14.6 Å². The first-order valence-corrected chi connectivity index (χ1v) is 8.66. The summed E-state index contributed by atoms with van der Waals surface area (Å²) in [7, 11) is 1.47. The third kappa shape index (κ3) is 3.70. The summed E-state index contributed by atoms with van der Waals surface area (Å²) in [6.07, 6.45) is 0. The smallest absolute Gasteiger partial charge is 0.292 e. The second-order valence-electron chi connectivity index (χ2n) is 6.26. The number of amides is 1. The summed E-state index contributed by atoms with van der Waals surface area (Å²) in [6.45, 7) is 2.09. The molecule has 0 saturated carbocycles. The molecule has 146 valence electrons. The number of anilines is 2. The van der Waals surface area contributed by atoms with Gasteiger partial charge in [-0.05, 0) is 12.1 Å².